The highest BCUT2D eigenvalue weighted by Crippen LogP contribution is 2.09. The van der Waals surface area contributed by atoms with Crippen LogP contribution in [-0.4, -0.2) is 53.0 Å². The number of unbranched alkanes of at least 4 members (excludes halogenated alkanes) is 1. The van der Waals surface area contributed by atoms with Gasteiger partial charge in [-0.1, -0.05) is 37.6 Å². The van der Waals surface area contributed by atoms with E-state index in [-0.39, 0.29) is 29.0 Å². The van der Waals surface area contributed by atoms with Crippen LogP contribution in [-0.2, 0) is 9.84 Å². The first-order valence-corrected chi connectivity index (χ1v) is 8.72. The molecule has 0 aliphatic carbocycles. The van der Waals surface area contributed by atoms with Crippen molar-refractivity contribution in [1.29, 1.82) is 0 Å². The molecule has 1 heterocycles. The molecular formula is C13H19ClN4O3S. The van der Waals surface area contributed by atoms with Crippen LogP contribution in [0.1, 0.15) is 19.8 Å². The van der Waals surface area contributed by atoms with E-state index in [9.17, 15) is 13.2 Å². The summed E-state index contributed by atoms with van der Waals surface area (Å²) in [7, 11) is -3.57. The van der Waals surface area contributed by atoms with Crippen LogP contribution in [0.4, 0.5) is 4.79 Å². The van der Waals surface area contributed by atoms with E-state index >= 15 is 0 Å². The molecule has 0 radical (unpaired) electrons. The van der Waals surface area contributed by atoms with Crippen molar-refractivity contribution in [2.45, 2.75) is 24.9 Å². The largest absolute Gasteiger partial charge is 0.346 e. The second-order valence-electron chi connectivity index (χ2n) is 4.61. The summed E-state index contributed by atoms with van der Waals surface area (Å²) >= 11 is 5.71. The minimum atomic E-state index is -3.57. The highest BCUT2D eigenvalue weighted by atomic mass is 35.5. The average molecular weight is 347 g/mol. The van der Waals surface area contributed by atoms with Gasteiger partial charge in [-0.2, -0.15) is 4.68 Å². The van der Waals surface area contributed by atoms with Crippen molar-refractivity contribution in [2.75, 3.05) is 18.8 Å². The Hall–Kier alpha value is -1.67. The van der Waals surface area contributed by atoms with Gasteiger partial charge in [0.15, 0.2) is 0 Å². The molecule has 0 bridgehead atoms. The summed E-state index contributed by atoms with van der Waals surface area (Å²) in [5.74, 6) is -0.0451. The Bertz CT molecular complexity index is 654. The molecule has 0 spiro atoms. The molecule has 0 aromatic carbocycles. The molecule has 22 heavy (non-hydrogen) atoms. The lowest BCUT2D eigenvalue weighted by Crippen LogP contribution is -2.36. The van der Waals surface area contributed by atoms with Crippen LogP contribution >= 0.6 is 11.6 Å². The van der Waals surface area contributed by atoms with E-state index < -0.39 is 15.9 Å². The van der Waals surface area contributed by atoms with Crippen molar-refractivity contribution >= 4 is 27.5 Å². The molecule has 1 aromatic heterocycles. The molecule has 0 atom stereocenters. The van der Waals surface area contributed by atoms with Crippen molar-refractivity contribution in [3.8, 4) is 0 Å². The fourth-order valence-electron chi connectivity index (χ4n) is 1.63. The van der Waals surface area contributed by atoms with Gasteiger partial charge in [0.25, 0.3) is 5.16 Å². The van der Waals surface area contributed by atoms with Crippen molar-refractivity contribution in [1.82, 2.24) is 19.7 Å². The lowest BCUT2D eigenvalue weighted by Gasteiger charge is -2.19. The average Bonchev–Trinajstić information content (AvgIpc) is 2.94. The summed E-state index contributed by atoms with van der Waals surface area (Å²) in [6, 6.07) is -0.550. The molecule has 122 valence electrons. The second kappa shape index (κ2) is 8.09. The Kier molecular flexibility index (Phi) is 6.76. The molecule has 0 fully saturated rings. The summed E-state index contributed by atoms with van der Waals surface area (Å²) in [6.07, 6.45) is 3.85. The highest BCUT2D eigenvalue weighted by Gasteiger charge is 2.22. The summed E-state index contributed by atoms with van der Waals surface area (Å²) in [4.78, 5) is 17.3. The van der Waals surface area contributed by atoms with E-state index in [0.29, 0.717) is 6.42 Å². The maximum absolute atomic E-state index is 12.3. The molecule has 0 aliphatic heterocycles. The highest BCUT2D eigenvalue weighted by molar-refractivity contribution is 7.91. The number of carbonyl (C=O) groups excluding carboxylic acids is 1. The normalized spacial score (nSPS) is 11.2. The first-order valence-electron chi connectivity index (χ1n) is 6.69. The Morgan fingerprint density at radius 3 is 2.77 bits per heavy atom. The number of rotatable bonds is 8. The molecule has 0 aliphatic rings. The van der Waals surface area contributed by atoms with Crippen LogP contribution in [0.15, 0.2) is 35.7 Å². The monoisotopic (exact) mass is 346 g/mol. The van der Waals surface area contributed by atoms with Gasteiger partial charge in [0.2, 0.25) is 9.84 Å². The lowest BCUT2D eigenvalue weighted by molar-refractivity contribution is 0.206. The molecule has 0 unspecified atom stereocenters. The molecule has 0 saturated carbocycles. The van der Waals surface area contributed by atoms with Crippen molar-refractivity contribution in [3.63, 3.8) is 0 Å². The topological polar surface area (TPSA) is 85.2 Å². The summed E-state index contributed by atoms with van der Waals surface area (Å²) < 4.78 is 24.8. The fourth-order valence-corrected chi connectivity index (χ4v) is 3.04. The van der Waals surface area contributed by atoms with Crippen LogP contribution in [0.25, 0.3) is 0 Å². The van der Waals surface area contributed by atoms with Crippen molar-refractivity contribution in [3.05, 3.63) is 30.6 Å². The summed E-state index contributed by atoms with van der Waals surface area (Å²) in [5, 5.41) is 3.68. The second-order valence-corrected chi connectivity index (χ2v) is 7.15. The number of sulfone groups is 1. The van der Waals surface area contributed by atoms with Gasteiger partial charge in [-0.3, -0.25) is 0 Å². The van der Waals surface area contributed by atoms with Gasteiger partial charge >= 0.3 is 6.03 Å². The fraction of sp³-hybridized carbons (Fsp3) is 0.462. The SMILES string of the molecule is C=CCN(CC(=C)Cl)C(=O)n1cnc(S(=O)(=O)CCCC)n1. The predicted molar refractivity (Wildman–Crippen MR) is 84.5 cm³/mol. The molecule has 7 nitrogen and oxygen atoms in total. The third-order valence-corrected chi connectivity index (χ3v) is 4.38. The summed E-state index contributed by atoms with van der Waals surface area (Å²) in [5.41, 5.74) is 0. The van der Waals surface area contributed by atoms with Gasteiger partial charge in [-0.15, -0.1) is 11.7 Å². The molecule has 9 heteroatoms. The maximum atomic E-state index is 12.3. The van der Waals surface area contributed by atoms with E-state index in [2.05, 4.69) is 23.2 Å². The van der Waals surface area contributed by atoms with Crippen molar-refractivity contribution in [2.24, 2.45) is 0 Å². The van der Waals surface area contributed by atoms with E-state index in [0.717, 1.165) is 17.4 Å². The van der Waals surface area contributed by atoms with Gasteiger partial charge in [0.05, 0.1) is 12.3 Å². The van der Waals surface area contributed by atoms with E-state index in [4.69, 9.17) is 11.6 Å². The first-order chi connectivity index (χ1) is 10.3. The van der Waals surface area contributed by atoms with Gasteiger partial charge in [-0.25, -0.2) is 18.2 Å². The van der Waals surface area contributed by atoms with Gasteiger partial charge in [0, 0.05) is 11.6 Å². The number of hydrogen-bond acceptors (Lipinski definition) is 5. The van der Waals surface area contributed by atoms with Crippen LogP contribution in [0.2, 0.25) is 0 Å². The number of amides is 1. The van der Waals surface area contributed by atoms with Gasteiger partial charge in [0.1, 0.15) is 6.33 Å². The number of carbonyl (C=O) groups is 1. The molecule has 0 saturated heterocycles. The van der Waals surface area contributed by atoms with E-state index in [1.807, 2.05) is 6.92 Å². The Balaban J connectivity index is 2.96. The van der Waals surface area contributed by atoms with E-state index in [1.165, 1.54) is 11.0 Å². The zero-order valence-electron chi connectivity index (χ0n) is 12.4. The molecule has 1 rings (SSSR count). The predicted octanol–water partition coefficient (Wildman–Crippen LogP) is 2.06. The molecule has 0 N–H and O–H groups in total. The molecule has 1 aromatic rings. The standard InChI is InChI=1S/C13H19ClN4O3S/c1-4-6-8-22(20,21)12-15-10-18(16-12)13(19)17(7-5-2)9-11(3)14/h5,10H,2-4,6-9H2,1H3. The number of hydrogen-bond donors (Lipinski definition) is 0. The number of nitrogens with zero attached hydrogens (tertiary/aromatic N) is 4. The van der Waals surface area contributed by atoms with Crippen LogP contribution < -0.4 is 0 Å². The Morgan fingerprint density at radius 2 is 2.23 bits per heavy atom. The number of aromatic nitrogens is 3. The zero-order valence-corrected chi connectivity index (χ0v) is 14.0. The smallest absolute Gasteiger partial charge is 0.314 e. The Morgan fingerprint density at radius 1 is 1.55 bits per heavy atom. The first kappa shape index (κ1) is 18.4. The van der Waals surface area contributed by atoms with Gasteiger partial charge < -0.3 is 4.90 Å². The maximum Gasteiger partial charge on any atom is 0.346 e. The van der Waals surface area contributed by atoms with Crippen LogP contribution in [0.3, 0.4) is 0 Å². The van der Waals surface area contributed by atoms with E-state index in [1.54, 1.807) is 0 Å². The van der Waals surface area contributed by atoms with Crippen LogP contribution in [0.5, 0.6) is 0 Å². The quantitative estimate of drug-likeness (QED) is 0.672. The van der Waals surface area contributed by atoms with Crippen LogP contribution in [0, 0.1) is 0 Å². The molecular weight excluding hydrogens is 328 g/mol. The molecule has 1 amide bonds. The third-order valence-electron chi connectivity index (χ3n) is 2.69. The lowest BCUT2D eigenvalue weighted by atomic mass is 10.4. The summed E-state index contributed by atoms with van der Waals surface area (Å²) in [6.45, 7) is 9.29. The van der Waals surface area contributed by atoms with Crippen molar-refractivity contribution < 1.29 is 13.2 Å². The zero-order chi connectivity index (χ0) is 16.8. The minimum Gasteiger partial charge on any atom is -0.314 e. The third kappa shape index (κ3) is 4.96. The van der Waals surface area contributed by atoms with Gasteiger partial charge in [-0.05, 0) is 6.42 Å². The number of halogens is 1. The minimum absolute atomic E-state index is 0.0451. The Labute approximate surface area is 135 Å².